The number of benzene rings is 3. The van der Waals surface area contributed by atoms with E-state index in [0.29, 0.717) is 23.6 Å². The van der Waals surface area contributed by atoms with Crippen molar-refractivity contribution in [1.82, 2.24) is 0 Å². The Bertz CT molecular complexity index is 1300. The van der Waals surface area contributed by atoms with E-state index in [0.717, 1.165) is 43.6 Å². The highest BCUT2D eigenvalue weighted by Crippen LogP contribution is 2.50. The maximum atomic E-state index is 15.0. The molecule has 2 nitrogen and oxygen atoms in total. The van der Waals surface area contributed by atoms with E-state index in [4.69, 9.17) is 0 Å². The molecule has 4 rings (SSSR count). The van der Waals surface area contributed by atoms with Gasteiger partial charge in [0.2, 0.25) is 0 Å². The maximum absolute atomic E-state index is 15.0. The Morgan fingerprint density at radius 2 is 1.15 bits per heavy atom. The van der Waals surface area contributed by atoms with Crippen LogP contribution in [0.25, 0.3) is 11.1 Å². The quantitative estimate of drug-likeness (QED) is 0.245. The first-order valence-corrected chi connectivity index (χ1v) is 13.4. The van der Waals surface area contributed by atoms with Crippen molar-refractivity contribution in [2.24, 2.45) is 5.92 Å². The van der Waals surface area contributed by atoms with Crippen molar-refractivity contribution in [3.8, 4) is 22.6 Å². The van der Waals surface area contributed by atoms with Crippen LogP contribution in [-0.4, -0.2) is 7.11 Å². The van der Waals surface area contributed by atoms with E-state index >= 15 is 0 Å². The van der Waals surface area contributed by atoms with Crippen LogP contribution in [0.2, 0.25) is 0 Å². The molecule has 0 spiro atoms. The Hall–Kier alpha value is -3.30. The molecule has 0 heterocycles. The van der Waals surface area contributed by atoms with Crippen LogP contribution in [0.1, 0.15) is 73.6 Å². The molecule has 1 aliphatic carbocycles. The Balaban J connectivity index is 1.54. The Morgan fingerprint density at radius 1 is 0.659 bits per heavy atom. The topological polar surface area (TPSA) is 18.5 Å². The molecule has 0 aliphatic heterocycles. The van der Waals surface area contributed by atoms with Gasteiger partial charge in [0.1, 0.15) is 22.6 Å². The van der Waals surface area contributed by atoms with Gasteiger partial charge in [-0.1, -0.05) is 56.2 Å². The van der Waals surface area contributed by atoms with Gasteiger partial charge in [0.25, 0.3) is 0 Å². The number of ether oxygens (including phenoxy) is 2. The predicted octanol–water partition coefficient (Wildman–Crippen LogP) is 10.6. The first-order chi connectivity index (χ1) is 19.2. The molecule has 0 radical (unpaired) electrons. The molecule has 10 heteroatoms. The highest BCUT2D eigenvalue weighted by Gasteiger charge is 2.49. The molecule has 41 heavy (non-hydrogen) atoms. The van der Waals surface area contributed by atoms with Crippen molar-refractivity contribution in [2.75, 3.05) is 7.11 Å². The average Bonchev–Trinajstić information content (AvgIpc) is 2.92. The summed E-state index contributed by atoms with van der Waals surface area (Å²) in [5, 5.41) is 0. The molecular formula is C31H30F8O2. The number of rotatable bonds is 8. The van der Waals surface area contributed by atoms with Crippen LogP contribution < -0.4 is 9.47 Å². The molecule has 1 fully saturated rings. The molecule has 0 atom stereocenters. The molecule has 0 aromatic heterocycles. The van der Waals surface area contributed by atoms with Crippen LogP contribution in [0, 0.1) is 5.92 Å². The van der Waals surface area contributed by atoms with Gasteiger partial charge >= 0.3 is 18.5 Å². The van der Waals surface area contributed by atoms with Gasteiger partial charge in [-0.05, 0) is 78.5 Å². The normalized spacial score (nSPS) is 18.3. The smallest absolute Gasteiger partial charge is 0.426 e. The lowest BCUT2D eigenvalue weighted by Crippen LogP contribution is -2.25. The van der Waals surface area contributed by atoms with Crippen LogP contribution in [0.4, 0.5) is 35.1 Å². The molecular weight excluding hydrogens is 556 g/mol. The molecule has 0 saturated heterocycles. The van der Waals surface area contributed by atoms with Crippen molar-refractivity contribution in [1.29, 1.82) is 0 Å². The first-order valence-electron chi connectivity index (χ1n) is 13.4. The molecule has 3 aromatic rings. The fraction of sp³-hybridized carbons (Fsp3) is 0.419. The summed E-state index contributed by atoms with van der Waals surface area (Å²) < 4.78 is 120. The van der Waals surface area contributed by atoms with Crippen molar-refractivity contribution in [3.63, 3.8) is 0 Å². The minimum atomic E-state index is -5.66. The highest BCUT2D eigenvalue weighted by molar-refractivity contribution is 5.64. The van der Waals surface area contributed by atoms with Gasteiger partial charge in [-0.15, -0.1) is 0 Å². The molecule has 0 unspecified atom stereocenters. The average molecular weight is 587 g/mol. The molecule has 1 aliphatic rings. The second kappa shape index (κ2) is 11.9. The van der Waals surface area contributed by atoms with Gasteiger partial charge in [-0.3, -0.25) is 0 Å². The van der Waals surface area contributed by atoms with E-state index in [9.17, 15) is 35.1 Å². The van der Waals surface area contributed by atoms with Gasteiger partial charge in [0, 0.05) is 0 Å². The van der Waals surface area contributed by atoms with Gasteiger partial charge in [-0.25, -0.2) is 0 Å². The van der Waals surface area contributed by atoms with E-state index in [1.54, 1.807) is 0 Å². The minimum Gasteiger partial charge on any atom is -0.496 e. The number of hydrogen-bond donors (Lipinski definition) is 0. The zero-order valence-electron chi connectivity index (χ0n) is 22.5. The summed E-state index contributed by atoms with van der Waals surface area (Å²) >= 11 is 0. The Kier molecular flexibility index (Phi) is 8.90. The van der Waals surface area contributed by atoms with Gasteiger partial charge < -0.3 is 9.47 Å². The van der Waals surface area contributed by atoms with Gasteiger partial charge in [-0.2, -0.15) is 35.1 Å². The lowest BCUT2D eigenvalue weighted by atomic mass is 9.77. The molecule has 3 aromatic carbocycles. The second-order valence-corrected chi connectivity index (χ2v) is 10.3. The van der Waals surface area contributed by atoms with Gasteiger partial charge in [0.05, 0.1) is 12.7 Å². The third-order valence-electron chi connectivity index (χ3n) is 7.63. The second-order valence-electron chi connectivity index (χ2n) is 10.3. The fourth-order valence-corrected chi connectivity index (χ4v) is 5.58. The summed E-state index contributed by atoms with van der Waals surface area (Å²) in [6, 6.07) is 13.4. The third kappa shape index (κ3) is 6.96. The summed E-state index contributed by atoms with van der Waals surface area (Å²) in [7, 11) is 0.744. The zero-order valence-corrected chi connectivity index (χ0v) is 22.5. The molecule has 222 valence electrons. The van der Waals surface area contributed by atoms with Crippen LogP contribution in [-0.2, 0) is 18.5 Å². The van der Waals surface area contributed by atoms with Crippen molar-refractivity contribution < 1.29 is 44.6 Å². The number of halogens is 8. The van der Waals surface area contributed by atoms with Crippen LogP contribution >= 0.6 is 0 Å². The summed E-state index contributed by atoms with van der Waals surface area (Å²) in [4.78, 5) is 0. The summed E-state index contributed by atoms with van der Waals surface area (Å²) in [6.45, 7) is 2.20. The lowest BCUT2D eigenvalue weighted by molar-refractivity contribution is -0.194. The number of hydrogen-bond acceptors (Lipinski definition) is 2. The summed E-state index contributed by atoms with van der Waals surface area (Å²) in [5.41, 5.74) is -2.89. The molecule has 0 amide bonds. The largest absolute Gasteiger partial charge is 0.496 e. The van der Waals surface area contributed by atoms with Crippen LogP contribution in [0.5, 0.6) is 11.5 Å². The van der Waals surface area contributed by atoms with E-state index in [1.165, 1.54) is 43.4 Å². The predicted molar refractivity (Wildman–Crippen MR) is 139 cm³/mol. The van der Waals surface area contributed by atoms with Crippen LogP contribution in [0.3, 0.4) is 0 Å². The van der Waals surface area contributed by atoms with E-state index in [-0.39, 0.29) is 0 Å². The van der Waals surface area contributed by atoms with E-state index < -0.39 is 46.7 Å². The standard InChI is InChI=1S/C31H30F8O2/c1-3-4-19-5-7-20(8-6-19)21-9-11-22(12-10-21)23-13-15-24(16-14-23)31(38,39)41-26-18-17-25(40-2)27(29(32,33)34)28(26)30(35,36)37/h9-20H,3-8H2,1-2H3. The van der Waals surface area contributed by atoms with E-state index in [2.05, 4.69) is 16.4 Å². The van der Waals surface area contributed by atoms with Crippen molar-refractivity contribution in [3.05, 3.63) is 82.9 Å². The molecule has 0 bridgehead atoms. The van der Waals surface area contributed by atoms with E-state index in [1.807, 2.05) is 24.3 Å². The maximum Gasteiger partial charge on any atom is 0.426 e. The number of methoxy groups -OCH3 is 1. The Labute approximate surface area is 233 Å². The summed E-state index contributed by atoms with van der Waals surface area (Å²) in [5.74, 6) is -1.57. The fourth-order valence-electron chi connectivity index (χ4n) is 5.58. The highest BCUT2D eigenvalue weighted by atomic mass is 19.4. The number of alkyl halides is 8. The van der Waals surface area contributed by atoms with Crippen LogP contribution in [0.15, 0.2) is 60.7 Å². The monoisotopic (exact) mass is 586 g/mol. The van der Waals surface area contributed by atoms with Crippen molar-refractivity contribution in [2.45, 2.75) is 69.8 Å². The zero-order chi connectivity index (χ0) is 30.0. The lowest BCUT2D eigenvalue weighted by Gasteiger charge is -2.28. The summed E-state index contributed by atoms with van der Waals surface area (Å²) in [6.07, 6.45) is -8.46. The first kappa shape index (κ1) is 30.7. The molecule has 0 N–H and O–H groups in total. The molecule has 1 saturated carbocycles. The van der Waals surface area contributed by atoms with Gasteiger partial charge in [0.15, 0.2) is 0 Å². The minimum absolute atomic E-state index is 0.386. The van der Waals surface area contributed by atoms with Crippen molar-refractivity contribution >= 4 is 0 Å². The Morgan fingerprint density at radius 3 is 1.63 bits per heavy atom. The SMILES string of the molecule is CCCC1CCC(c2ccc(-c3ccc(C(F)(F)Oc4ccc(OC)c(C(F)(F)F)c4C(F)(F)F)cc3)cc2)CC1. The third-order valence-corrected chi connectivity index (χ3v) is 7.63.